The number of imidazole rings is 1. The van der Waals surface area contributed by atoms with Gasteiger partial charge in [-0.05, 0) is 25.1 Å². The average molecular weight is 242 g/mol. The monoisotopic (exact) mass is 242 g/mol. The van der Waals surface area contributed by atoms with Crippen molar-refractivity contribution in [3.05, 3.63) is 29.6 Å². The van der Waals surface area contributed by atoms with Crippen molar-refractivity contribution in [3.63, 3.8) is 0 Å². The summed E-state index contributed by atoms with van der Waals surface area (Å²) in [5, 5.41) is 0. The van der Waals surface area contributed by atoms with Crippen LogP contribution >= 0.6 is 0 Å². The first kappa shape index (κ1) is 11.9. The van der Waals surface area contributed by atoms with Gasteiger partial charge >= 0.3 is 0 Å². The van der Waals surface area contributed by atoms with Crippen LogP contribution in [-0.4, -0.2) is 17.6 Å². The van der Waals surface area contributed by atoms with Gasteiger partial charge in [-0.2, -0.15) is 0 Å². The first-order valence-corrected chi connectivity index (χ1v) is 9.33. The quantitative estimate of drug-likeness (QED) is 0.513. The number of aromatic nitrogens is 2. The fraction of sp³-hybridized carbons (Fsp3) is 0.357. The Hall–Kier alpha value is -1.53. The van der Waals surface area contributed by atoms with Crippen molar-refractivity contribution in [3.8, 4) is 11.5 Å². The summed E-state index contributed by atoms with van der Waals surface area (Å²) in [4.78, 5) is 4.52. The van der Waals surface area contributed by atoms with E-state index in [1.165, 1.54) is 5.52 Å². The summed E-state index contributed by atoms with van der Waals surface area (Å²) in [7, 11) is 0.740. The van der Waals surface area contributed by atoms with Crippen LogP contribution in [0.3, 0.4) is 0 Å². The normalized spacial score (nSPS) is 11.4. The molecule has 0 aliphatic rings. The molecular weight excluding hydrogens is 224 g/mol. The van der Waals surface area contributed by atoms with E-state index in [2.05, 4.69) is 58.9 Å². The highest BCUT2D eigenvalue weighted by molar-refractivity contribution is 6.83. The molecule has 0 aliphatic heterocycles. The molecule has 88 valence electrons. The topological polar surface area (TPSA) is 17.8 Å². The van der Waals surface area contributed by atoms with E-state index in [4.69, 9.17) is 0 Å². The molecule has 0 amide bonds. The Bertz CT molecular complexity index is 621. The van der Waals surface area contributed by atoms with Gasteiger partial charge in [0.1, 0.15) is 13.9 Å². The molecule has 0 fully saturated rings. The maximum atomic E-state index is 4.52. The lowest BCUT2D eigenvalue weighted by molar-refractivity contribution is 0.886. The van der Waals surface area contributed by atoms with Crippen molar-refractivity contribution >= 4 is 19.1 Å². The Kier molecular flexibility index (Phi) is 2.84. The van der Waals surface area contributed by atoms with E-state index in [9.17, 15) is 0 Å². The highest BCUT2D eigenvalue weighted by Crippen LogP contribution is 2.16. The third kappa shape index (κ3) is 2.59. The van der Waals surface area contributed by atoms with Gasteiger partial charge in [0.15, 0.2) is 0 Å². The minimum Gasteiger partial charge on any atom is -0.331 e. The molecule has 0 atom stereocenters. The summed E-state index contributed by atoms with van der Waals surface area (Å²) in [6, 6.07) is 6.26. The Morgan fingerprint density at radius 2 is 1.94 bits per heavy atom. The molecule has 17 heavy (non-hydrogen) atoms. The van der Waals surface area contributed by atoms with Gasteiger partial charge in [0.05, 0.1) is 11.0 Å². The van der Waals surface area contributed by atoms with Crippen LogP contribution in [0.25, 0.3) is 11.0 Å². The van der Waals surface area contributed by atoms with Crippen LogP contribution in [0.15, 0.2) is 18.2 Å². The SMILES string of the molecule is Cc1nc2cc(C#C[Si](C)(C)C)ccc2n1C. The van der Waals surface area contributed by atoms with Gasteiger partial charge in [0.25, 0.3) is 0 Å². The van der Waals surface area contributed by atoms with Gasteiger partial charge in [-0.1, -0.05) is 25.6 Å². The van der Waals surface area contributed by atoms with E-state index < -0.39 is 8.07 Å². The molecule has 0 saturated heterocycles. The summed E-state index contributed by atoms with van der Waals surface area (Å²) in [6.45, 7) is 8.78. The fourth-order valence-electron chi connectivity index (χ4n) is 1.66. The Balaban J connectivity index is 2.48. The zero-order valence-electron chi connectivity index (χ0n) is 11.1. The fourth-order valence-corrected chi connectivity index (χ4v) is 2.18. The second-order valence-corrected chi connectivity index (χ2v) is 10.2. The molecule has 0 spiro atoms. The van der Waals surface area contributed by atoms with Crippen molar-refractivity contribution < 1.29 is 0 Å². The molecule has 0 saturated carbocycles. The molecule has 1 aromatic heterocycles. The number of nitrogens with zero attached hydrogens (tertiary/aromatic N) is 2. The molecular formula is C14H18N2Si. The van der Waals surface area contributed by atoms with E-state index in [0.29, 0.717) is 0 Å². The molecule has 2 rings (SSSR count). The lowest BCUT2D eigenvalue weighted by Crippen LogP contribution is -2.16. The van der Waals surface area contributed by atoms with Crippen LogP contribution < -0.4 is 0 Å². The highest BCUT2D eigenvalue weighted by Gasteiger charge is 2.08. The molecule has 2 nitrogen and oxygen atoms in total. The number of fused-ring (bicyclic) bond motifs is 1. The van der Waals surface area contributed by atoms with Gasteiger partial charge in [0.2, 0.25) is 0 Å². The molecule has 2 aromatic rings. The minimum atomic E-state index is -1.30. The second kappa shape index (κ2) is 4.05. The molecule has 1 aromatic carbocycles. The summed E-state index contributed by atoms with van der Waals surface area (Å²) in [5.74, 6) is 4.31. The van der Waals surface area contributed by atoms with Gasteiger partial charge in [-0.3, -0.25) is 0 Å². The number of hydrogen-bond acceptors (Lipinski definition) is 1. The smallest absolute Gasteiger partial charge is 0.129 e. The average Bonchev–Trinajstić information content (AvgIpc) is 2.51. The highest BCUT2D eigenvalue weighted by atomic mass is 28.3. The number of benzene rings is 1. The van der Waals surface area contributed by atoms with E-state index >= 15 is 0 Å². The van der Waals surface area contributed by atoms with E-state index in [0.717, 1.165) is 16.9 Å². The lowest BCUT2D eigenvalue weighted by atomic mass is 10.2. The molecule has 0 radical (unpaired) electrons. The van der Waals surface area contributed by atoms with Crippen LogP contribution in [0.1, 0.15) is 11.4 Å². The van der Waals surface area contributed by atoms with Crippen LogP contribution in [0, 0.1) is 18.4 Å². The van der Waals surface area contributed by atoms with Crippen molar-refractivity contribution in [2.24, 2.45) is 7.05 Å². The number of rotatable bonds is 0. The third-order valence-corrected chi connectivity index (χ3v) is 3.56. The Morgan fingerprint density at radius 1 is 1.24 bits per heavy atom. The summed E-state index contributed by atoms with van der Waals surface area (Å²) < 4.78 is 2.10. The van der Waals surface area contributed by atoms with Crippen molar-refractivity contribution in [2.75, 3.05) is 0 Å². The molecule has 0 N–H and O–H groups in total. The van der Waals surface area contributed by atoms with Crippen LogP contribution in [0.2, 0.25) is 19.6 Å². The first-order valence-electron chi connectivity index (χ1n) is 5.83. The van der Waals surface area contributed by atoms with Crippen LogP contribution in [-0.2, 0) is 7.05 Å². The van der Waals surface area contributed by atoms with Gasteiger partial charge in [-0.25, -0.2) is 4.98 Å². The number of hydrogen-bond donors (Lipinski definition) is 0. The summed E-state index contributed by atoms with van der Waals surface area (Å²) in [6.07, 6.45) is 0. The van der Waals surface area contributed by atoms with Gasteiger partial charge < -0.3 is 4.57 Å². The van der Waals surface area contributed by atoms with E-state index in [1.54, 1.807) is 0 Å². The summed E-state index contributed by atoms with van der Waals surface area (Å²) >= 11 is 0. The maximum absolute atomic E-state index is 4.52. The largest absolute Gasteiger partial charge is 0.331 e. The maximum Gasteiger partial charge on any atom is 0.129 e. The number of aryl methyl sites for hydroxylation is 2. The van der Waals surface area contributed by atoms with Crippen LogP contribution in [0.4, 0.5) is 0 Å². The molecule has 1 heterocycles. The standard InChI is InChI=1S/C14H18N2Si/c1-11-15-13-10-12(8-9-17(3,4)5)6-7-14(13)16(11)2/h6-7,10H,1-5H3. The van der Waals surface area contributed by atoms with Crippen molar-refractivity contribution in [2.45, 2.75) is 26.6 Å². The van der Waals surface area contributed by atoms with Crippen molar-refractivity contribution in [1.29, 1.82) is 0 Å². The van der Waals surface area contributed by atoms with Gasteiger partial charge in [0, 0.05) is 12.6 Å². The molecule has 0 aliphatic carbocycles. The Labute approximate surface area is 104 Å². The first-order chi connectivity index (χ1) is 7.87. The van der Waals surface area contributed by atoms with Crippen molar-refractivity contribution in [1.82, 2.24) is 9.55 Å². The molecule has 0 bridgehead atoms. The lowest BCUT2D eigenvalue weighted by Gasteiger charge is -2.03. The molecule has 3 heteroatoms. The second-order valence-electron chi connectivity index (χ2n) is 5.42. The zero-order valence-corrected chi connectivity index (χ0v) is 12.1. The predicted molar refractivity (Wildman–Crippen MR) is 75.7 cm³/mol. The van der Waals surface area contributed by atoms with E-state index in [-0.39, 0.29) is 0 Å². The third-order valence-electron chi connectivity index (χ3n) is 2.69. The summed E-state index contributed by atoms with van der Waals surface area (Å²) in [5.41, 5.74) is 6.65. The minimum absolute atomic E-state index is 1.03. The Morgan fingerprint density at radius 3 is 2.59 bits per heavy atom. The van der Waals surface area contributed by atoms with E-state index in [1.807, 2.05) is 14.0 Å². The zero-order chi connectivity index (χ0) is 12.6. The van der Waals surface area contributed by atoms with Crippen LogP contribution in [0.5, 0.6) is 0 Å². The molecule has 0 unspecified atom stereocenters. The van der Waals surface area contributed by atoms with Gasteiger partial charge in [-0.15, -0.1) is 5.54 Å². The predicted octanol–water partition coefficient (Wildman–Crippen LogP) is 3.11.